The predicted molar refractivity (Wildman–Crippen MR) is 85.9 cm³/mol. The van der Waals surface area contributed by atoms with Crippen molar-refractivity contribution in [3.63, 3.8) is 0 Å². The van der Waals surface area contributed by atoms with Gasteiger partial charge in [-0.15, -0.1) is 0 Å². The number of nitrogens with zero attached hydrogens (tertiary/aromatic N) is 1. The molecule has 0 atom stereocenters. The molecule has 1 aromatic rings. The van der Waals surface area contributed by atoms with E-state index in [1.807, 2.05) is 12.1 Å². The number of rotatable bonds is 12. The van der Waals surface area contributed by atoms with Crippen molar-refractivity contribution in [3.8, 4) is 5.75 Å². The second-order valence-corrected chi connectivity index (χ2v) is 4.13. The molecule has 0 radical (unpaired) electrons. The first kappa shape index (κ1) is 21.1. The maximum absolute atomic E-state index is 10.2. The number of halogens is 1. The zero-order valence-corrected chi connectivity index (χ0v) is 13.7. The maximum Gasteiger partial charge on any atom is 0.137 e. The van der Waals surface area contributed by atoms with Crippen molar-refractivity contribution in [2.24, 2.45) is 5.73 Å². The Labute approximate surface area is 135 Å². The van der Waals surface area contributed by atoms with E-state index in [0.717, 1.165) is 5.75 Å². The standard InChI is InChI=1S/C13H22N2O4.CH3FS/c14-3-5-16-6-7-17-8-9-18-10-11-19-13-2-1-4-15-12-13;1-3-2/h1-2,4,12H,3,5-11,14H2;1H3. The lowest BCUT2D eigenvalue weighted by atomic mass is 10.5. The number of hydrogen-bond acceptors (Lipinski definition) is 7. The molecule has 0 aromatic carbocycles. The van der Waals surface area contributed by atoms with Crippen LogP contribution in [0.5, 0.6) is 5.75 Å². The molecule has 0 spiro atoms. The van der Waals surface area contributed by atoms with Crippen LogP contribution in [0.2, 0.25) is 0 Å². The number of ether oxygens (including phenoxy) is 4. The average molecular weight is 336 g/mol. The SMILES string of the molecule is CSF.NCCOCCOCCOCCOc1cccnc1. The molecular weight excluding hydrogens is 311 g/mol. The van der Waals surface area contributed by atoms with E-state index in [4.69, 9.17) is 24.7 Å². The molecule has 0 aliphatic rings. The van der Waals surface area contributed by atoms with E-state index in [1.165, 1.54) is 6.26 Å². The van der Waals surface area contributed by atoms with E-state index in [0.29, 0.717) is 52.8 Å². The molecule has 0 bridgehead atoms. The molecule has 1 aromatic heterocycles. The summed E-state index contributed by atoms with van der Waals surface area (Å²) in [6.45, 7) is 4.39. The van der Waals surface area contributed by atoms with Gasteiger partial charge in [0.25, 0.3) is 0 Å². The molecule has 0 amide bonds. The van der Waals surface area contributed by atoms with Gasteiger partial charge >= 0.3 is 0 Å². The van der Waals surface area contributed by atoms with Crippen molar-refractivity contribution >= 4 is 12.1 Å². The average Bonchev–Trinajstić information content (AvgIpc) is 2.54. The molecule has 6 nitrogen and oxygen atoms in total. The molecule has 0 fully saturated rings. The van der Waals surface area contributed by atoms with Crippen LogP contribution in [-0.2, 0) is 14.2 Å². The molecule has 2 N–H and O–H groups in total. The summed E-state index contributed by atoms with van der Waals surface area (Å²) in [7, 11) is 0. The molecule has 0 unspecified atom stereocenters. The first-order chi connectivity index (χ1) is 10.8. The van der Waals surface area contributed by atoms with Gasteiger partial charge in [0.1, 0.15) is 12.4 Å². The van der Waals surface area contributed by atoms with Gasteiger partial charge in [-0.25, -0.2) is 0 Å². The lowest BCUT2D eigenvalue weighted by Gasteiger charge is -2.07. The largest absolute Gasteiger partial charge is 0.490 e. The number of hydrogen-bond donors (Lipinski definition) is 1. The second kappa shape index (κ2) is 18.1. The maximum atomic E-state index is 10.2. The Balaban J connectivity index is 0.00000135. The van der Waals surface area contributed by atoms with E-state index >= 15 is 0 Å². The lowest BCUT2D eigenvalue weighted by molar-refractivity contribution is 0.0105. The Morgan fingerprint density at radius 1 is 1.05 bits per heavy atom. The van der Waals surface area contributed by atoms with Crippen LogP contribution in [0.3, 0.4) is 0 Å². The summed E-state index contributed by atoms with van der Waals surface area (Å²) in [6.07, 6.45) is 4.75. The van der Waals surface area contributed by atoms with Gasteiger partial charge in [-0.05, 0) is 12.1 Å². The van der Waals surface area contributed by atoms with E-state index in [2.05, 4.69) is 4.98 Å². The third kappa shape index (κ3) is 15.5. The normalized spacial score (nSPS) is 9.95. The first-order valence-corrected chi connectivity index (χ1v) is 8.08. The highest BCUT2D eigenvalue weighted by molar-refractivity contribution is 7.93. The molecule has 1 rings (SSSR count). The van der Waals surface area contributed by atoms with Crippen molar-refractivity contribution in [1.29, 1.82) is 0 Å². The summed E-state index contributed by atoms with van der Waals surface area (Å²) in [5.74, 6) is 0.749. The fourth-order valence-corrected chi connectivity index (χ4v) is 1.28. The van der Waals surface area contributed by atoms with Crippen molar-refractivity contribution in [2.75, 3.05) is 59.0 Å². The Hall–Kier alpha value is -0.930. The molecule has 0 saturated heterocycles. The molecular formula is C14H25FN2O4S. The van der Waals surface area contributed by atoms with Crippen molar-refractivity contribution in [3.05, 3.63) is 24.5 Å². The minimum Gasteiger partial charge on any atom is -0.490 e. The van der Waals surface area contributed by atoms with Gasteiger partial charge in [-0.3, -0.25) is 4.98 Å². The molecule has 22 heavy (non-hydrogen) atoms. The summed E-state index contributed by atoms with van der Waals surface area (Å²) in [5, 5.41) is 0. The fourth-order valence-electron chi connectivity index (χ4n) is 1.28. The minimum atomic E-state index is 0.250. The van der Waals surface area contributed by atoms with Crippen LogP contribution < -0.4 is 10.5 Å². The van der Waals surface area contributed by atoms with Crippen LogP contribution in [-0.4, -0.2) is 64.0 Å². The summed E-state index contributed by atoms with van der Waals surface area (Å²) < 4.78 is 31.4. The fraction of sp³-hybridized carbons (Fsp3) is 0.643. The third-order valence-corrected chi connectivity index (χ3v) is 2.14. The topological polar surface area (TPSA) is 75.8 Å². The van der Waals surface area contributed by atoms with Gasteiger partial charge in [-0.2, -0.15) is 3.89 Å². The molecule has 8 heteroatoms. The van der Waals surface area contributed by atoms with Crippen LogP contribution in [0.4, 0.5) is 3.89 Å². The zero-order chi connectivity index (χ0) is 16.3. The van der Waals surface area contributed by atoms with Gasteiger partial charge in [0.2, 0.25) is 0 Å². The lowest BCUT2D eigenvalue weighted by Crippen LogP contribution is -2.14. The van der Waals surface area contributed by atoms with Crippen molar-refractivity contribution in [2.45, 2.75) is 0 Å². The zero-order valence-electron chi connectivity index (χ0n) is 12.9. The molecule has 0 saturated carbocycles. The van der Waals surface area contributed by atoms with E-state index in [9.17, 15) is 3.89 Å². The van der Waals surface area contributed by atoms with Gasteiger partial charge in [-0.1, -0.05) is 0 Å². The molecule has 0 aliphatic heterocycles. The van der Waals surface area contributed by atoms with Crippen molar-refractivity contribution in [1.82, 2.24) is 4.98 Å². The predicted octanol–water partition coefficient (Wildman–Crippen LogP) is 1.70. The van der Waals surface area contributed by atoms with Crippen LogP contribution >= 0.6 is 12.1 Å². The smallest absolute Gasteiger partial charge is 0.137 e. The Kier molecular flexibility index (Phi) is 17.4. The van der Waals surface area contributed by atoms with Crippen LogP contribution in [0.1, 0.15) is 0 Å². The molecule has 128 valence electrons. The highest BCUT2D eigenvalue weighted by atomic mass is 32.2. The summed E-state index contributed by atoms with van der Waals surface area (Å²) in [6, 6.07) is 3.69. The monoisotopic (exact) mass is 336 g/mol. The second-order valence-electron chi connectivity index (χ2n) is 3.82. The Bertz CT molecular complexity index is 323. The van der Waals surface area contributed by atoms with Gasteiger partial charge in [0.05, 0.1) is 45.8 Å². The highest BCUT2D eigenvalue weighted by Crippen LogP contribution is 2.05. The summed E-state index contributed by atoms with van der Waals surface area (Å²) in [5.41, 5.74) is 5.28. The van der Waals surface area contributed by atoms with Crippen LogP contribution in [0, 0.1) is 0 Å². The van der Waals surface area contributed by atoms with Gasteiger partial charge < -0.3 is 24.7 Å². The number of nitrogens with two attached hydrogens (primary N) is 1. The molecule has 0 aliphatic carbocycles. The van der Waals surface area contributed by atoms with Gasteiger partial charge in [0.15, 0.2) is 0 Å². The van der Waals surface area contributed by atoms with E-state index in [-0.39, 0.29) is 12.1 Å². The highest BCUT2D eigenvalue weighted by Gasteiger charge is 1.93. The summed E-state index contributed by atoms with van der Waals surface area (Å²) >= 11 is 0.250. The third-order valence-electron chi connectivity index (χ3n) is 2.14. The van der Waals surface area contributed by atoms with E-state index < -0.39 is 0 Å². The number of aromatic nitrogens is 1. The van der Waals surface area contributed by atoms with Crippen LogP contribution in [0.15, 0.2) is 24.5 Å². The van der Waals surface area contributed by atoms with Crippen LogP contribution in [0.25, 0.3) is 0 Å². The van der Waals surface area contributed by atoms with E-state index in [1.54, 1.807) is 12.4 Å². The minimum absolute atomic E-state index is 0.250. The Morgan fingerprint density at radius 2 is 1.59 bits per heavy atom. The Morgan fingerprint density at radius 3 is 2.09 bits per heavy atom. The van der Waals surface area contributed by atoms with Crippen molar-refractivity contribution < 1.29 is 22.8 Å². The number of pyridine rings is 1. The molecule has 1 heterocycles. The first-order valence-electron chi connectivity index (χ1n) is 6.96. The quantitative estimate of drug-likeness (QED) is 0.582. The summed E-state index contributed by atoms with van der Waals surface area (Å²) in [4.78, 5) is 3.95. The van der Waals surface area contributed by atoms with Gasteiger partial charge in [0, 0.05) is 31.1 Å².